The van der Waals surface area contributed by atoms with Crippen molar-refractivity contribution < 1.29 is 9.53 Å². The topological polar surface area (TPSA) is 51.2 Å². The van der Waals surface area contributed by atoms with Crippen LogP contribution in [0.25, 0.3) is 22.2 Å². The van der Waals surface area contributed by atoms with E-state index in [1.165, 1.54) is 0 Å². The normalized spacial score (nSPS) is 12.8. The van der Waals surface area contributed by atoms with Crippen LogP contribution in [-0.2, 0) is 4.79 Å². The van der Waals surface area contributed by atoms with Crippen LogP contribution in [0.3, 0.4) is 0 Å². The summed E-state index contributed by atoms with van der Waals surface area (Å²) in [6.45, 7) is 2.03. The Hall–Kier alpha value is -2.30. The Morgan fingerprint density at radius 2 is 2.00 bits per heavy atom. The summed E-state index contributed by atoms with van der Waals surface area (Å²) >= 11 is 6.54. The van der Waals surface area contributed by atoms with Crippen LogP contribution in [0.15, 0.2) is 42.5 Å². The van der Waals surface area contributed by atoms with Gasteiger partial charge in [-0.2, -0.15) is 0 Å². The average Bonchev–Trinajstić information content (AvgIpc) is 2.57. The molecule has 0 unspecified atom stereocenters. The molecule has 2 aromatic carbocycles. The summed E-state index contributed by atoms with van der Waals surface area (Å²) in [5, 5.41) is 4.46. The summed E-state index contributed by atoms with van der Waals surface area (Å²) in [6, 6.07) is 13.5. The molecule has 1 amide bonds. The fraction of sp³-hybridized carbons (Fsp3) is 0.111. The number of anilines is 1. The van der Waals surface area contributed by atoms with Gasteiger partial charge in [-0.25, -0.2) is 4.98 Å². The third-order valence-corrected chi connectivity index (χ3v) is 4.43. The van der Waals surface area contributed by atoms with Crippen molar-refractivity contribution in [3.8, 4) is 17.0 Å². The number of amides is 1. The maximum atomic E-state index is 11.5. The third-order valence-electron chi connectivity index (χ3n) is 3.96. The second-order valence-electron chi connectivity index (χ2n) is 5.46. The van der Waals surface area contributed by atoms with Gasteiger partial charge < -0.3 is 10.1 Å². The number of para-hydroxylation sites is 1. The van der Waals surface area contributed by atoms with Gasteiger partial charge in [-0.3, -0.25) is 4.79 Å². The van der Waals surface area contributed by atoms with Crippen LogP contribution in [0.2, 0.25) is 5.02 Å². The maximum Gasteiger partial charge on any atom is 0.262 e. The van der Waals surface area contributed by atoms with Crippen LogP contribution in [0, 0.1) is 6.92 Å². The van der Waals surface area contributed by atoms with Gasteiger partial charge in [-0.15, -0.1) is 12.4 Å². The molecule has 0 radical (unpaired) electrons. The minimum Gasteiger partial charge on any atom is -0.482 e. The fourth-order valence-electron chi connectivity index (χ4n) is 2.78. The van der Waals surface area contributed by atoms with Gasteiger partial charge in [0.05, 0.1) is 21.9 Å². The number of rotatable bonds is 1. The first-order chi connectivity index (χ1) is 11.1. The van der Waals surface area contributed by atoms with E-state index in [-0.39, 0.29) is 24.9 Å². The van der Waals surface area contributed by atoms with Crippen LogP contribution in [0.5, 0.6) is 5.75 Å². The number of nitrogens with one attached hydrogen (secondary N) is 1. The minimum atomic E-state index is -0.164. The van der Waals surface area contributed by atoms with Gasteiger partial charge in [0.1, 0.15) is 5.75 Å². The van der Waals surface area contributed by atoms with Gasteiger partial charge >= 0.3 is 0 Å². The first kappa shape index (κ1) is 16.6. The monoisotopic (exact) mass is 360 g/mol. The molecule has 0 spiro atoms. The molecule has 122 valence electrons. The molecule has 0 saturated carbocycles. The summed E-state index contributed by atoms with van der Waals surface area (Å²) in [5.74, 6) is 0.491. The molecule has 0 atom stereocenters. The summed E-state index contributed by atoms with van der Waals surface area (Å²) < 4.78 is 5.39. The smallest absolute Gasteiger partial charge is 0.262 e. The van der Waals surface area contributed by atoms with Gasteiger partial charge in [0.2, 0.25) is 0 Å². The second kappa shape index (κ2) is 6.30. The van der Waals surface area contributed by atoms with Crippen molar-refractivity contribution in [2.45, 2.75) is 6.92 Å². The molecule has 24 heavy (non-hydrogen) atoms. The van der Waals surface area contributed by atoms with Gasteiger partial charge in [0.25, 0.3) is 5.91 Å². The van der Waals surface area contributed by atoms with E-state index < -0.39 is 0 Å². The lowest BCUT2D eigenvalue weighted by atomic mass is 10.0. The molecule has 0 saturated heterocycles. The molecule has 4 rings (SSSR count). The van der Waals surface area contributed by atoms with Crippen molar-refractivity contribution in [2.75, 3.05) is 11.9 Å². The van der Waals surface area contributed by atoms with Crippen molar-refractivity contribution in [3.63, 3.8) is 0 Å². The summed E-state index contributed by atoms with van der Waals surface area (Å²) in [6.07, 6.45) is 0. The molecule has 6 heteroatoms. The van der Waals surface area contributed by atoms with E-state index in [1.807, 2.05) is 49.4 Å². The second-order valence-corrected chi connectivity index (χ2v) is 5.84. The Kier molecular flexibility index (Phi) is 4.35. The van der Waals surface area contributed by atoms with Gasteiger partial charge in [0, 0.05) is 10.9 Å². The molecule has 1 aromatic heterocycles. The van der Waals surface area contributed by atoms with Crippen LogP contribution in [0.4, 0.5) is 5.69 Å². The van der Waals surface area contributed by atoms with E-state index >= 15 is 0 Å². The number of carbonyl (C=O) groups excluding carboxylic acids is 1. The Balaban J connectivity index is 0.00000169. The lowest BCUT2D eigenvalue weighted by Gasteiger charge is -2.19. The number of fused-ring (bicyclic) bond motifs is 2. The van der Waals surface area contributed by atoms with E-state index in [1.54, 1.807) is 0 Å². The molecular formula is C18H14Cl2N2O2. The lowest BCUT2D eigenvalue weighted by molar-refractivity contribution is -0.118. The molecule has 0 fully saturated rings. The molecule has 1 N–H and O–H groups in total. The largest absolute Gasteiger partial charge is 0.482 e. The van der Waals surface area contributed by atoms with E-state index in [2.05, 4.69) is 10.3 Å². The zero-order valence-corrected chi connectivity index (χ0v) is 14.4. The number of aryl methyl sites for hydroxylation is 1. The van der Waals surface area contributed by atoms with Crippen molar-refractivity contribution in [1.82, 2.24) is 4.98 Å². The van der Waals surface area contributed by atoms with Crippen molar-refractivity contribution in [2.24, 2.45) is 0 Å². The number of nitrogens with zero attached hydrogens (tertiary/aromatic N) is 1. The SMILES string of the molecule is Cc1c(Cl)c(-c2ccc3c(c2)NC(=O)CO3)nc2ccccc12.Cl. The number of carbonyl (C=O) groups is 1. The maximum absolute atomic E-state index is 11.5. The van der Waals surface area contributed by atoms with Gasteiger partial charge in [-0.05, 0) is 36.8 Å². The van der Waals surface area contributed by atoms with Crippen molar-refractivity contribution in [3.05, 3.63) is 53.1 Å². The number of hydrogen-bond donors (Lipinski definition) is 1. The van der Waals surface area contributed by atoms with Gasteiger partial charge in [-0.1, -0.05) is 29.8 Å². The van der Waals surface area contributed by atoms with Crippen molar-refractivity contribution in [1.29, 1.82) is 0 Å². The Morgan fingerprint density at radius 1 is 1.21 bits per heavy atom. The number of benzene rings is 2. The van der Waals surface area contributed by atoms with Crippen LogP contribution in [-0.4, -0.2) is 17.5 Å². The van der Waals surface area contributed by atoms with E-state index in [4.69, 9.17) is 16.3 Å². The average molecular weight is 361 g/mol. The third kappa shape index (κ3) is 2.68. The molecule has 0 bridgehead atoms. The van der Waals surface area contributed by atoms with E-state index in [9.17, 15) is 4.79 Å². The number of pyridine rings is 1. The number of ether oxygens (including phenoxy) is 1. The van der Waals surface area contributed by atoms with Gasteiger partial charge in [0.15, 0.2) is 6.61 Å². The first-order valence-electron chi connectivity index (χ1n) is 7.25. The van der Waals surface area contributed by atoms with E-state index in [0.29, 0.717) is 22.2 Å². The molecule has 1 aliphatic rings. The molecule has 3 aromatic rings. The quantitative estimate of drug-likeness (QED) is 0.688. The number of hydrogen-bond acceptors (Lipinski definition) is 3. The summed E-state index contributed by atoms with van der Waals surface area (Å²) in [4.78, 5) is 16.2. The van der Waals surface area contributed by atoms with Crippen LogP contribution >= 0.6 is 24.0 Å². The van der Waals surface area contributed by atoms with Crippen LogP contribution < -0.4 is 10.1 Å². The fourth-order valence-corrected chi connectivity index (χ4v) is 3.03. The van der Waals surface area contributed by atoms with E-state index in [0.717, 1.165) is 22.0 Å². The zero-order valence-electron chi connectivity index (χ0n) is 12.8. The van der Waals surface area contributed by atoms with Crippen molar-refractivity contribution >= 4 is 46.5 Å². The highest BCUT2D eigenvalue weighted by atomic mass is 35.5. The molecule has 2 heterocycles. The summed E-state index contributed by atoms with van der Waals surface area (Å²) in [7, 11) is 0. The Labute approximate surface area is 150 Å². The molecule has 4 nitrogen and oxygen atoms in total. The standard InChI is InChI=1S/C18H13ClN2O2.ClH/c1-10-12-4-2-3-5-13(12)21-18(17(10)19)11-6-7-15-14(8-11)20-16(22)9-23-15;/h2-8H,9H2,1H3,(H,20,22);1H. The first-order valence-corrected chi connectivity index (χ1v) is 7.63. The Morgan fingerprint density at radius 3 is 2.83 bits per heavy atom. The molecule has 0 aliphatic carbocycles. The van der Waals surface area contributed by atoms with Crippen LogP contribution in [0.1, 0.15) is 5.56 Å². The minimum absolute atomic E-state index is 0. The highest BCUT2D eigenvalue weighted by molar-refractivity contribution is 6.34. The summed E-state index contributed by atoms with van der Waals surface area (Å²) in [5.41, 5.74) is 4.06. The zero-order chi connectivity index (χ0) is 16.0. The molecule has 1 aliphatic heterocycles. The lowest BCUT2D eigenvalue weighted by Crippen LogP contribution is -2.25. The molecular weight excluding hydrogens is 347 g/mol. The highest BCUT2D eigenvalue weighted by Gasteiger charge is 2.18. The highest BCUT2D eigenvalue weighted by Crippen LogP contribution is 2.37. The number of halogens is 2. The number of aromatic nitrogens is 1. The Bertz CT molecular complexity index is 957. The predicted octanol–water partition coefficient (Wildman–Crippen LogP) is 4.62. The predicted molar refractivity (Wildman–Crippen MR) is 98.3 cm³/mol.